The van der Waals surface area contributed by atoms with Crippen LogP contribution >= 0.6 is 0 Å². The van der Waals surface area contributed by atoms with Gasteiger partial charge in [-0.15, -0.1) is 0 Å². The third-order valence-electron chi connectivity index (χ3n) is 11.9. The lowest BCUT2D eigenvalue weighted by atomic mass is 9.71. The smallest absolute Gasteiger partial charge is 0.399 e. The molecule has 1 aliphatic carbocycles. The van der Waals surface area contributed by atoms with Crippen LogP contribution in [0.5, 0.6) is 0 Å². The van der Waals surface area contributed by atoms with Gasteiger partial charge in [-0.25, -0.2) is 0 Å². The molecule has 1 aromatic carbocycles. The number of anilines is 1. The van der Waals surface area contributed by atoms with E-state index in [1.165, 1.54) is 18.4 Å². The van der Waals surface area contributed by atoms with Crippen molar-refractivity contribution in [3.05, 3.63) is 23.8 Å². The molecule has 40 heavy (non-hydrogen) atoms. The minimum atomic E-state index is -0.428. The third kappa shape index (κ3) is 3.70. The van der Waals surface area contributed by atoms with Crippen molar-refractivity contribution in [2.45, 2.75) is 113 Å². The van der Waals surface area contributed by atoms with Crippen LogP contribution < -0.4 is 10.4 Å². The van der Waals surface area contributed by atoms with Crippen LogP contribution in [0.1, 0.15) is 71.8 Å². The largest absolute Gasteiger partial charge is 0.494 e. The maximum atomic E-state index is 14.6. The van der Waals surface area contributed by atoms with Gasteiger partial charge in [-0.2, -0.15) is 0 Å². The number of ether oxygens (including phenoxy) is 2. The molecule has 7 aliphatic rings. The lowest BCUT2D eigenvalue weighted by Crippen LogP contribution is -2.62. The van der Waals surface area contributed by atoms with E-state index in [-0.39, 0.29) is 6.04 Å². The molecule has 8 nitrogen and oxygen atoms in total. The number of hydrogen-bond donors (Lipinski definition) is 0. The van der Waals surface area contributed by atoms with Gasteiger partial charge in [-0.3, -0.25) is 14.6 Å². The number of rotatable bonds is 4. The molecule has 2 bridgehead atoms. The molecule has 1 spiro atoms. The van der Waals surface area contributed by atoms with Crippen molar-refractivity contribution in [2.24, 2.45) is 0 Å². The van der Waals surface area contributed by atoms with Crippen LogP contribution in [0.4, 0.5) is 5.69 Å². The van der Waals surface area contributed by atoms with Crippen LogP contribution in [0.25, 0.3) is 0 Å². The van der Waals surface area contributed by atoms with Crippen molar-refractivity contribution < 1.29 is 23.6 Å². The summed E-state index contributed by atoms with van der Waals surface area (Å²) in [5, 5.41) is 0. The number of likely N-dealkylation sites (tertiary alicyclic amines) is 1. The van der Waals surface area contributed by atoms with Gasteiger partial charge in [0.2, 0.25) is 5.91 Å². The molecule has 0 aromatic heterocycles. The molecule has 9 heteroatoms. The number of morpholine rings is 1. The first-order valence-electron chi connectivity index (χ1n) is 15.7. The van der Waals surface area contributed by atoms with Gasteiger partial charge in [0.05, 0.1) is 49.1 Å². The van der Waals surface area contributed by atoms with Crippen LogP contribution in [0.3, 0.4) is 0 Å². The number of fused-ring (bicyclic) bond motifs is 4. The van der Waals surface area contributed by atoms with Gasteiger partial charge >= 0.3 is 7.12 Å². The molecule has 5 saturated heterocycles. The van der Waals surface area contributed by atoms with Crippen LogP contribution in [-0.2, 0) is 29.0 Å². The monoisotopic (exact) mass is 549 g/mol. The third-order valence-corrected chi connectivity index (χ3v) is 11.9. The van der Waals surface area contributed by atoms with E-state index in [0.29, 0.717) is 30.1 Å². The highest BCUT2D eigenvalue weighted by molar-refractivity contribution is 6.62. The Morgan fingerprint density at radius 2 is 1.40 bits per heavy atom. The van der Waals surface area contributed by atoms with Gasteiger partial charge in [-0.1, -0.05) is 12.1 Å². The topological polar surface area (TPSA) is 63.7 Å². The average molecular weight is 550 g/mol. The van der Waals surface area contributed by atoms with Gasteiger partial charge in [0.1, 0.15) is 0 Å². The van der Waals surface area contributed by atoms with Gasteiger partial charge in [0.15, 0.2) is 0 Å². The fraction of sp³-hybridized carbons (Fsp3) is 0.774. The SMILES string of the molecule is CC1(C)OB(c2ccc3c(c2)N([C@H]2C[C@@H](N4C5CCC4COC5)C2)C(=O)C32CCN(C3COC3)CC2)OC1(C)C. The van der Waals surface area contributed by atoms with Crippen molar-refractivity contribution in [1.29, 1.82) is 0 Å². The lowest BCUT2D eigenvalue weighted by molar-refractivity contribution is -0.128. The lowest BCUT2D eigenvalue weighted by Gasteiger charge is -2.51. The number of nitrogens with zero attached hydrogens (tertiary/aromatic N) is 3. The Labute approximate surface area is 238 Å². The van der Waals surface area contributed by atoms with E-state index < -0.39 is 23.7 Å². The Kier molecular flexibility index (Phi) is 5.89. The average Bonchev–Trinajstić information content (AvgIpc) is 3.33. The van der Waals surface area contributed by atoms with E-state index in [4.69, 9.17) is 18.8 Å². The van der Waals surface area contributed by atoms with E-state index in [1.54, 1.807) is 0 Å². The molecule has 6 aliphatic heterocycles. The van der Waals surface area contributed by atoms with Crippen molar-refractivity contribution >= 4 is 24.2 Å². The summed E-state index contributed by atoms with van der Waals surface area (Å²) < 4.78 is 24.2. The minimum absolute atomic E-state index is 0.254. The quantitative estimate of drug-likeness (QED) is 0.535. The summed E-state index contributed by atoms with van der Waals surface area (Å²) in [6, 6.07) is 9.07. The molecular weight excluding hydrogens is 505 g/mol. The summed E-state index contributed by atoms with van der Waals surface area (Å²) >= 11 is 0. The van der Waals surface area contributed by atoms with Crippen LogP contribution in [0.15, 0.2) is 18.2 Å². The highest BCUT2D eigenvalue weighted by atomic mass is 16.7. The number of hydrogen-bond acceptors (Lipinski definition) is 7. The van der Waals surface area contributed by atoms with Crippen molar-refractivity contribution in [3.63, 3.8) is 0 Å². The normalized spacial score (nSPS) is 36.6. The molecular formula is C31H44BN3O5. The van der Waals surface area contributed by atoms with Gasteiger partial charge in [0.25, 0.3) is 0 Å². The molecule has 2 atom stereocenters. The number of carbonyl (C=O) groups is 1. The van der Waals surface area contributed by atoms with Crippen LogP contribution in [0.2, 0.25) is 0 Å². The molecule has 6 fully saturated rings. The van der Waals surface area contributed by atoms with Gasteiger partial charge < -0.3 is 23.7 Å². The summed E-state index contributed by atoms with van der Waals surface area (Å²) in [5.41, 5.74) is 2.11. The van der Waals surface area contributed by atoms with Gasteiger partial charge in [0, 0.05) is 29.9 Å². The van der Waals surface area contributed by atoms with Crippen LogP contribution in [0, 0.1) is 0 Å². The molecule has 1 aromatic rings. The van der Waals surface area contributed by atoms with Crippen molar-refractivity contribution in [3.8, 4) is 0 Å². The first-order chi connectivity index (χ1) is 19.2. The van der Waals surface area contributed by atoms with Crippen molar-refractivity contribution in [1.82, 2.24) is 9.80 Å². The maximum absolute atomic E-state index is 14.6. The van der Waals surface area contributed by atoms with E-state index in [9.17, 15) is 4.79 Å². The molecule has 1 saturated carbocycles. The zero-order valence-corrected chi connectivity index (χ0v) is 24.6. The summed E-state index contributed by atoms with van der Waals surface area (Å²) in [6.45, 7) is 13.7. The molecule has 8 rings (SSSR count). The Bertz CT molecular complexity index is 1160. The number of piperidine rings is 1. The number of carbonyl (C=O) groups excluding carboxylic acids is 1. The number of amides is 1. The minimum Gasteiger partial charge on any atom is -0.399 e. The maximum Gasteiger partial charge on any atom is 0.494 e. The second-order valence-corrected chi connectivity index (χ2v) is 14.5. The Morgan fingerprint density at radius 3 is 2.00 bits per heavy atom. The Hall–Kier alpha value is -1.49. The first kappa shape index (κ1) is 26.2. The summed E-state index contributed by atoms with van der Waals surface area (Å²) in [5.74, 6) is 0.325. The molecule has 1 amide bonds. The molecule has 0 N–H and O–H groups in total. The summed E-state index contributed by atoms with van der Waals surface area (Å²) in [4.78, 5) is 22.1. The fourth-order valence-electron chi connectivity index (χ4n) is 8.55. The zero-order valence-electron chi connectivity index (χ0n) is 24.6. The standard InChI is InChI=1S/C31H44BN3O5/c1-29(2)30(3,4)40-32(39-29)20-5-8-26-27(13-20)35(24-14-23(15-24)34-21-6-7-22(34)17-37-16-21)28(36)31(26)9-11-33(12-10-31)25-18-38-19-25/h5,8,13,21-25H,6-7,9-12,14-19H2,1-4H3/t21?,22?,23-,24+. The summed E-state index contributed by atoms with van der Waals surface area (Å²) in [6.07, 6.45) is 6.37. The van der Waals surface area contributed by atoms with Crippen LogP contribution in [-0.4, -0.2) is 104 Å². The Morgan fingerprint density at radius 1 is 0.800 bits per heavy atom. The first-order valence-corrected chi connectivity index (χ1v) is 15.7. The second kappa shape index (κ2) is 9.01. The van der Waals surface area contributed by atoms with Gasteiger partial charge in [-0.05, 0) is 96.4 Å². The van der Waals surface area contributed by atoms with E-state index in [2.05, 4.69) is 60.6 Å². The highest BCUT2D eigenvalue weighted by Gasteiger charge is 2.58. The number of benzene rings is 1. The molecule has 0 radical (unpaired) electrons. The fourth-order valence-corrected chi connectivity index (χ4v) is 8.55. The molecule has 6 heterocycles. The zero-order chi connectivity index (χ0) is 27.4. The van der Waals surface area contributed by atoms with E-state index >= 15 is 0 Å². The van der Waals surface area contributed by atoms with E-state index in [1.807, 2.05) is 0 Å². The predicted molar refractivity (Wildman–Crippen MR) is 153 cm³/mol. The molecule has 2 unspecified atom stereocenters. The predicted octanol–water partition coefficient (Wildman–Crippen LogP) is 2.46. The summed E-state index contributed by atoms with van der Waals surface area (Å²) in [7, 11) is -0.428. The highest BCUT2D eigenvalue weighted by Crippen LogP contribution is 2.52. The second-order valence-electron chi connectivity index (χ2n) is 14.5. The van der Waals surface area contributed by atoms with Crippen molar-refractivity contribution in [2.75, 3.05) is 44.4 Å². The van der Waals surface area contributed by atoms with E-state index in [0.717, 1.165) is 76.4 Å². The Balaban J connectivity index is 1.09. The molecule has 216 valence electrons.